The molecule has 18 heavy (non-hydrogen) atoms. The van der Waals surface area contributed by atoms with Crippen molar-refractivity contribution in [2.45, 2.75) is 0 Å². The summed E-state index contributed by atoms with van der Waals surface area (Å²) < 4.78 is 15.2. The average Bonchev–Trinajstić information content (AvgIpc) is 2.36. The van der Waals surface area contributed by atoms with Gasteiger partial charge in [0.15, 0.2) is 16.9 Å². The summed E-state index contributed by atoms with van der Waals surface area (Å²) in [6, 6.07) is 3.80. The van der Waals surface area contributed by atoms with Gasteiger partial charge in [-0.25, -0.2) is 4.79 Å². The molecular weight excluding hydrogens is 240 g/mol. The number of aromatic carboxylic acids is 1. The summed E-state index contributed by atoms with van der Waals surface area (Å²) in [4.78, 5) is 22.5. The molecule has 0 radical (unpaired) electrons. The Morgan fingerprint density at radius 2 is 1.78 bits per heavy atom. The number of benzene rings is 1. The highest BCUT2D eigenvalue weighted by Gasteiger charge is 2.14. The van der Waals surface area contributed by atoms with E-state index in [1.165, 1.54) is 26.4 Å². The third kappa shape index (κ3) is 1.88. The summed E-state index contributed by atoms with van der Waals surface area (Å²) >= 11 is 0. The Balaban J connectivity index is 2.80. The first-order valence-electron chi connectivity index (χ1n) is 5.00. The van der Waals surface area contributed by atoms with Gasteiger partial charge < -0.3 is 19.0 Å². The molecule has 1 N–H and O–H groups in total. The topological polar surface area (TPSA) is 86.0 Å². The van der Waals surface area contributed by atoms with Gasteiger partial charge in [-0.05, 0) is 6.07 Å². The highest BCUT2D eigenvalue weighted by molar-refractivity contribution is 5.88. The minimum atomic E-state index is -1.30. The van der Waals surface area contributed by atoms with Crippen molar-refractivity contribution in [3.05, 3.63) is 34.2 Å². The second-order valence-corrected chi connectivity index (χ2v) is 3.48. The highest BCUT2D eigenvalue weighted by atomic mass is 16.5. The molecule has 0 saturated heterocycles. The number of fused-ring (bicyclic) bond motifs is 1. The maximum atomic E-state index is 11.8. The molecule has 0 saturated carbocycles. The molecule has 0 aliphatic carbocycles. The van der Waals surface area contributed by atoms with Gasteiger partial charge in [0.2, 0.25) is 5.76 Å². The van der Waals surface area contributed by atoms with Gasteiger partial charge >= 0.3 is 5.97 Å². The molecule has 1 heterocycles. The van der Waals surface area contributed by atoms with Crippen molar-refractivity contribution in [3.63, 3.8) is 0 Å². The quantitative estimate of drug-likeness (QED) is 0.888. The number of hydrogen-bond acceptors (Lipinski definition) is 5. The van der Waals surface area contributed by atoms with Crippen LogP contribution in [0.1, 0.15) is 10.6 Å². The number of carboxylic acids is 1. The zero-order valence-electron chi connectivity index (χ0n) is 9.72. The zero-order chi connectivity index (χ0) is 13.3. The standard InChI is InChI=1S/C12H10O6/c1-16-9-3-6-7(13)4-11(12(14)15)18-8(6)5-10(9)17-2/h3-5H,1-2H3,(H,14,15). The lowest BCUT2D eigenvalue weighted by molar-refractivity contribution is 0.0663. The van der Waals surface area contributed by atoms with E-state index >= 15 is 0 Å². The summed E-state index contributed by atoms with van der Waals surface area (Å²) in [5.41, 5.74) is -0.313. The van der Waals surface area contributed by atoms with E-state index in [0.29, 0.717) is 11.5 Å². The predicted octanol–water partition coefficient (Wildman–Crippen LogP) is 1.51. The lowest BCUT2D eigenvalue weighted by Crippen LogP contribution is -2.06. The Morgan fingerprint density at radius 1 is 1.17 bits per heavy atom. The van der Waals surface area contributed by atoms with Crippen molar-refractivity contribution < 1.29 is 23.8 Å². The molecule has 0 bridgehead atoms. The van der Waals surface area contributed by atoms with E-state index in [2.05, 4.69) is 0 Å². The first-order valence-corrected chi connectivity index (χ1v) is 5.00. The molecule has 1 aromatic heterocycles. The van der Waals surface area contributed by atoms with E-state index in [1.807, 2.05) is 0 Å². The fraction of sp³-hybridized carbons (Fsp3) is 0.167. The Kier molecular flexibility index (Phi) is 2.93. The predicted molar refractivity (Wildman–Crippen MR) is 62.5 cm³/mol. The smallest absolute Gasteiger partial charge is 0.371 e. The number of carboxylic acid groups (broad SMARTS) is 1. The molecule has 1 aromatic carbocycles. The van der Waals surface area contributed by atoms with Gasteiger partial charge in [0.05, 0.1) is 19.6 Å². The fourth-order valence-electron chi connectivity index (χ4n) is 1.59. The molecule has 0 atom stereocenters. The van der Waals surface area contributed by atoms with E-state index < -0.39 is 17.2 Å². The van der Waals surface area contributed by atoms with E-state index in [1.54, 1.807) is 0 Å². The van der Waals surface area contributed by atoms with Gasteiger partial charge in [-0.15, -0.1) is 0 Å². The molecule has 0 aliphatic rings. The molecular formula is C12H10O6. The first-order chi connectivity index (χ1) is 8.56. The fourth-order valence-corrected chi connectivity index (χ4v) is 1.59. The number of carbonyl (C=O) groups is 1. The molecule has 94 valence electrons. The van der Waals surface area contributed by atoms with Gasteiger partial charge in [-0.3, -0.25) is 4.79 Å². The first kappa shape index (κ1) is 12.0. The van der Waals surface area contributed by atoms with E-state index in [9.17, 15) is 9.59 Å². The van der Waals surface area contributed by atoms with Crippen LogP contribution in [0.2, 0.25) is 0 Å². The van der Waals surface area contributed by atoms with Crippen LogP contribution < -0.4 is 14.9 Å². The Bertz CT molecular complexity index is 670. The molecule has 2 aromatic rings. The van der Waals surface area contributed by atoms with Crippen molar-refractivity contribution >= 4 is 16.9 Å². The maximum absolute atomic E-state index is 11.8. The molecule has 6 nitrogen and oxygen atoms in total. The summed E-state index contributed by atoms with van der Waals surface area (Å²) in [5, 5.41) is 9.04. The van der Waals surface area contributed by atoms with Crippen LogP contribution >= 0.6 is 0 Å². The van der Waals surface area contributed by atoms with Gasteiger partial charge in [0.25, 0.3) is 0 Å². The molecule has 2 rings (SSSR count). The number of rotatable bonds is 3. The van der Waals surface area contributed by atoms with Crippen molar-refractivity contribution in [2.24, 2.45) is 0 Å². The van der Waals surface area contributed by atoms with Crippen LogP contribution in [0.5, 0.6) is 11.5 Å². The number of methoxy groups -OCH3 is 2. The Hall–Kier alpha value is -2.50. The molecule has 0 unspecified atom stereocenters. The average molecular weight is 250 g/mol. The van der Waals surface area contributed by atoms with Crippen molar-refractivity contribution in [2.75, 3.05) is 14.2 Å². The molecule has 0 fully saturated rings. The second kappa shape index (κ2) is 4.40. The van der Waals surface area contributed by atoms with Gasteiger partial charge in [-0.1, -0.05) is 0 Å². The lowest BCUT2D eigenvalue weighted by Gasteiger charge is -2.08. The number of hydrogen-bond donors (Lipinski definition) is 1. The minimum absolute atomic E-state index is 0.137. The van der Waals surface area contributed by atoms with Crippen molar-refractivity contribution in [1.29, 1.82) is 0 Å². The Morgan fingerprint density at radius 3 is 2.33 bits per heavy atom. The molecule has 0 aliphatic heterocycles. The van der Waals surface area contributed by atoms with Crippen LogP contribution in [0.4, 0.5) is 0 Å². The maximum Gasteiger partial charge on any atom is 0.371 e. The van der Waals surface area contributed by atoms with Crippen molar-refractivity contribution in [1.82, 2.24) is 0 Å². The summed E-state index contributed by atoms with van der Waals surface area (Å²) in [5.74, 6) is -0.987. The van der Waals surface area contributed by atoms with E-state index in [4.69, 9.17) is 19.0 Å². The largest absolute Gasteiger partial charge is 0.493 e. The van der Waals surface area contributed by atoms with Crippen LogP contribution in [0.15, 0.2) is 27.4 Å². The Labute approximate surface area is 101 Å². The van der Waals surface area contributed by atoms with Crippen LogP contribution in [-0.4, -0.2) is 25.3 Å². The van der Waals surface area contributed by atoms with Gasteiger partial charge in [-0.2, -0.15) is 0 Å². The minimum Gasteiger partial charge on any atom is -0.493 e. The molecule has 6 heteroatoms. The molecule has 0 amide bonds. The van der Waals surface area contributed by atoms with Crippen LogP contribution in [0.3, 0.4) is 0 Å². The van der Waals surface area contributed by atoms with Crippen LogP contribution in [-0.2, 0) is 0 Å². The number of ether oxygens (including phenoxy) is 2. The summed E-state index contributed by atoms with van der Waals surface area (Å²) in [6.07, 6.45) is 0. The SMILES string of the molecule is COc1cc2oc(C(=O)O)cc(=O)c2cc1OC. The second-order valence-electron chi connectivity index (χ2n) is 3.48. The van der Waals surface area contributed by atoms with Crippen LogP contribution in [0.25, 0.3) is 11.0 Å². The summed E-state index contributed by atoms with van der Waals surface area (Å²) in [7, 11) is 2.87. The van der Waals surface area contributed by atoms with Crippen LogP contribution in [0, 0.1) is 0 Å². The normalized spacial score (nSPS) is 10.3. The van der Waals surface area contributed by atoms with Crippen molar-refractivity contribution in [3.8, 4) is 11.5 Å². The van der Waals surface area contributed by atoms with Gasteiger partial charge in [0.1, 0.15) is 5.58 Å². The zero-order valence-corrected chi connectivity index (χ0v) is 9.72. The van der Waals surface area contributed by atoms with E-state index in [-0.39, 0.29) is 11.0 Å². The highest BCUT2D eigenvalue weighted by Crippen LogP contribution is 2.31. The summed E-state index contributed by atoms with van der Waals surface area (Å²) in [6.45, 7) is 0. The van der Waals surface area contributed by atoms with Gasteiger partial charge in [0, 0.05) is 12.1 Å². The third-order valence-electron chi connectivity index (χ3n) is 2.44. The third-order valence-corrected chi connectivity index (χ3v) is 2.44. The van der Waals surface area contributed by atoms with E-state index in [0.717, 1.165) is 6.07 Å². The monoisotopic (exact) mass is 250 g/mol. The molecule has 0 spiro atoms. The lowest BCUT2D eigenvalue weighted by atomic mass is 10.2.